The minimum atomic E-state index is -1.48. The summed E-state index contributed by atoms with van der Waals surface area (Å²) in [6.45, 7) is 9.06. The van der Waals surface area contributed by atoms with E-state index >= 15 is 0 Å². The van der Waals surface area contributed by atoms with Crippen LogP contribution in [0, 0.1) is 11.3 Å². The van der Waals surface area contributed by atoms with Gasteiger partial charge in [0.05, 0.1) is 6.61 Å². The van der Waals surface area contributed by atoms with Gasteiger partial charge in [-0.05, 0) is 33.1 Å². The van der Waals surface area contributed by atoms with Crippen LogP contribution in [-0.4, -0.2) is 23.7 Å². The van der Waals surface area contributed by atoms with Gasteiger partial charge in [0.15, 0.2) is 5.41 Å². The first-order valence-corrected chi connectivity index (χ1v) is 5.83. The van der Waals surface area contributed by atoms with Crippen molar-refractivity contribution in [2.75, 3.05) is 6.61 Å². The summed E-state index contributed by atoms with van der Waals surface area (Å²) >= 11 is 0. The molecule has 0 spiro atoms. The molecular weight excluding hydrogens is 220 g/mol. The summed E-state index contributed by atoms with van der Waals surface area (Å²) in [7, 11) is 0. The lowest BCUT2D eigenvalue weighted by Crippen LogP contribution is -2.44. The van der Waals surface area contributed by atoms with E-state index in [1.54, 1.807) is 26.8 Å². The zero-order valence-corrected chi connectivity index (χ0v) is 11.2. The van der Waals surface area contributed by atoms with Crippen LogP contribution in [-0.2, 0) is 14.3 Å². The molecule has 0 aromatic carbocycles. The first kappa shape index (κ1) is 15.7. The summed E-state index contributed by atoms with van der Waals surface area (Å²) in [5.41, 5.74) is -0.492. The van der Waals surface area contributed by atoms with Crippen LogP contribution in [0.15, 0.2) is 11.6 Å². The number of carboxylic acid groups (broad SMARTS) is 1. The number of rotatable bonds is 6. The molecule has 0 aliphatic heterocycles. The molecule has 0 bridgehead atoms. The molecule has 0 rings (SSSR count). The number of carbonyl (C=O) groups excluding carboxylic acids is 1. The predicted octanol–water partition coefficient (Wildman–Crippen LogP) is 2.63. The summed E-state index contributed by atoms with van der Waals surface area (Å²) in [6, 6.07) is 0. The van der Waals surface area contributed by atoms with E-state index < -0.39 is 17.4 Å². The molecule has 0 aliphatic rings. The maximum Gasteiger partial charge on any atom is 0.324 e. The number of carboxylic acids is 1. The smallest absolute Gasteiger partial charge is 0.324 e. The van der Waals surface area contributed by atoms with Crippen LogP contribution in [0.2, 0.25) is 0 Å². The topological polar surface area (TPSA) is 63.6 Å². The molecule has 4 nitrogen and oxygen atoms in total. The molecule has 0 saturated heterocycles. The fourth-order valence-corrected chi connectivity index (χ4v) is 1.60. The third-order valence-electron chi connectivity index (χ3n) is 2.84. The third kappa shape index (κ3) is 3.58. The second kappa shape index (κ2) is 6.42. The highest BCUT2D eigenvalue weighted by Crippen LogP contribution is 2.34. The van der Waals surface area contributed by atoms with Crippen LogP contribution in [0.1, 0.15) is 41.0 Å². The Labute approximate surface area is 103 Å². The van der Waals surface area contributed by atoms with Gasteiger partial charge in [-0.1, -0.05) is 25.5 Å². The van der Waals surface area contributed by atoms with Gasteiger partial charge in [0.1, 0.15) is 0 Å². The first-order chi connectivity index (χ1) is 7.78. The molecule has 0 amide bonds. The highest BCUT2D eigenvalue weighted by molar-refractivity contribution is 5.99. The Morgan fingerprint density at radius 2 is 1.88 bits per heavy atom. The number of esters is 1. The van der Waals surface area contributed by atoms with Crippen molar-refractivity contribution in [2.45, 2.75) is 41.0 Å². The van der Waals surface area contributed by atoms with Crippen molar-refractivity contribution in [1.82, 2.24) is 0 Å². The van der Waals surface area contributed by atoms with Gasteiger partial charge in [-0.15, -0.1) is 0 Å². The Morgan fingerprint density at radius 1 is 1.35 bits per heavy atom. The predicted molar refractivity (Wildman–Crippen MR) is 65.6 cm³/mol. The highest BCUT2D eigenvalue weighted by atomic mass is 16.5. The Morgan fingerprint density at radius 3 is 2.18 bits per heavy atom. The second-order valence-corrected chi connectivity index (χ2v) is 4.64. The van der Waals surface area contributed by atoms with Crippen LogP contribution >= 0.6 is 0 Å². The number of hydrogen-bond donors (Lipinski definition) is 1. The van der Waals surface area contributed by atoms with Crippen molar-refractivity contribution in [1.29, 1.82) is 0 Å². The maximum absolute atomic E-state index is 11.9. The van der Waals surface area contributed by atoms with Crippen LogP contribution in [0.25, 0.3) is 0 Å². The lowest BCUT2D eigenvalue weighted by atomic mass is 9.74. The third-order valence-corrected chi connectivity index (χ3v) is 2.84. The van der Waals surface area contributed by atoms with E-state index in [4.69, 9.17) is 4.74 Å². The van der Waals surface area contributed by atoms with Gasteiger partial charge in [-0.3, -0.25) is 9.59 Å². The number of ether oxygens (including phenoxy) is 1. The molecule has 0 aromatic rings. The Bertz CT molecular complexity index is 313. The minimum Gasteiger partial charge on any atom is -0.480 e. The fourth-order valence-electron chi connectivity index (χ4n) is 1.60. The molecular formula is C13H22O4. The molecule has 0 aromatic heterocycles. The van der Waals surface area contributed by atoms with Crippen LogP contribution < -0.4 is 0 Å². The largest absolute Gasteiger partial charge is 0.480 e. The normalized spacial score (nSPS) is 14.0. The Balaban J connectivity index is 5.36. The summed E-state index contributed by atoms with van der Waals surface area (Å²) in [5, 5.41) is 9.37. The molecule has 1 atom stereocenters. The summed E-state index contributed by atoms with van der Waals surface area (Å²) < 4.78 is 4.91. The molecule has 0 aliphatic carbocycles. The fraction of sp³-hybridized carbons (Fsp3) is 0.692. The van der Waals surface area contributed by atoms with Crippen molar-refractivity contribution in [3.63, 3.8) is 0 Å². The van der Waals surface area contributed by atoms with Gasteiger partial charge < -0.3 is 9.84 Å². The SMILES string of the molecule is CCOC(=O)C(CC=C(C)C)(C(=O)O)C(C)C. The van der Waals surface area contributed by atoms with E-state index in [1.807, 2.05) is 13.8 Å². The molecule has 0 fully saturated rings. The lowest BCUT2D eigenvalue weighted by molar-refractivity contribution is -0.172. The monoisotopic (exact) mass is 242 g/mol. The lowest BCUT2D eigenvalue weighted by Gasteiger charge is -2.29. The van der Waals surface area contributed by atoms with Gasteiger partial charge in [0.25, 0.3) is 0 Å². The number of carbonyl (C=O) groups is 2. The van der Waals surface area contributed by atoms with Crippen LogP contribution in [0.3, 0.4) is 0 Å². The van der Waals surface area contributed by atoms with E-state index in [0.29, 0.717) is 0 Å². The Kier molecular flexibility index (Phi) is 5.93. The van der Waals surface area contributed by atoms with Gasteiger partial charge >= 0.3 is 11.9 Å². The maximum atomic E-state index is 11.9. The van der Waals surface area contributed by atoms with E-state index in [1.165, 1.54) is 0 Å². The molecule has 1 N–H and O–H groups in total. The first-order valence-electron chi connectivity index (χ1n) is 5.83. The zero-order chi connectivity index (χ0) is 13.6. The standard InChI is InChI=1S/C13H22O4/c1-6-17-12(16)13(10(4)5,11(14)15)8-7-9(2)3/h7,10H,6,8H2,1-5H3,(H,14,15). The minimum absolute atomic E-state index is 0.168. The van der Waals surface area contributed by atoms with E-state index in [2.05, 4.69) is 0 Å². The van der Waals surface area contributed by atoms with E-state index in [9.17, 15) is 14.7 Å². The molecule has 98 valence electrons. The quantitative estimate of drug-likeness (QED) is 0.442. The molecule has 0 radical (unpaired) electrons. The molecule has 1 unspecified atom stereocenters. The van der Waals surface area contributed by atoms with Crippen LogP contribution in [0.4, 0.5) is 0 Å². The van der Waals surface area contributed by atoms with Gasteiger partial charge in [0.2, 0.25) is 0 Å². The number of allylic oxidation sites excluding steroid dienone is 2. The summed E-state index contributed by atoms with van der Waals surface area (Å²) in [5.74, 6) is -2.10. The van der Waals surface area contributed by atoms with Crippen molar-refractivity contribution in [3.8, 4) is 0 Å². The average molecular weight is 242 g/mol. The van der Waals surface area contributed by atoms with E-state index in [0.717, 1.165) is 5.57 Å². The van der Waals surface area contributed by atoms with Crippen LogP contribution in [0.5, 0.6) is 0 Å². The van der Waals surface area contributed by atoms with Gasteiger partial charge in [0, 0.05) is 0 Å². The van der Waals surface area contributed by atoms with Crippen molar-refractivity contribution >= 4 is 11.9 Å². The van der Waals surface area contributed by atoms with Crippen molar-refractivity contribution in [3.05, 3.63) is 11.6 Å². The molecule has 0 saturated carbocycles. The number of aliphatic carboxylic acids is 1. The summed E-state index contributed by atoms with van der Waals surface area (Å²) in [4.78, 5) is 23.4. The highest BCUT2D eigenvalue weighted by Gasteiger charge is 2.49. The second-order valence-electron chi connectivity index (χ2n) is 4.64. The average Bonchev–Trinajstić information content (AvgIpc) is 2.17. The summed E-state index contributed by atoms with van der Waals surface area (Å²) in [6.07, 6.45) is 1.94. The molecule has 0 heterocycles. The van der Waals surface area contributed by atoms with Crippen molar-refractivity contribution < 1.29 is 19.4 Å². The Hall–Kier alpha value is -1.32. The van der Waals surface area contributed by atoms with Gasteiger partial charge in [-0.25, -0.2) is 0 Å². The number of hydrogen-bond acceptors (Lipinski definition) is 3. The molecule has 4 heteroatoms. The van der Waals surface area contributed by atoms with E-state index in [-0.39, 0.29) is 18.9 Å². The molecule has 17 heavy (non-hydrogen) atoms. The van der Waals surface area contributed by atoms with Gasteiger partial charge in [-0.2, -0.15) is 0 Å². The zero-order valence-electron chi connectivity index (χ0n) is 11.2. The van der Waals surface area contributed by atoms with Crippen molar-refractivity contribution in [2.24, 2.45) is 11.3 Å².